The maximum atomic E-state index is 13.9. The second kappa shape index (κ2) is 11.6. The minimum atomic E-state index is -5.05. The van der Waals surface area contributed by atoms with Crippen LogP contribution in [-0.4, -0.2) is 48.7 Å². The van der Waals surface area contributed by atoms with E-state index < -0.39 is 63.6 Å². The van der Waals surface area contributed by atoms with E-state index in [1.54, 1.807) is 6.92 Å². The number of rotatable bonds is 6. The van der Waals surface area contributed by atoms with Crippen molar-refractivity contribution in [3.8, 4) is 0 Å². The summed E-state index contributed by atoms with van der Waals surface area (Å²) in [6, 6.07) is 7.80. The number of amides is 1. The number of benzene rings is 2. The van der Waals surface area contributed by atoms with E-state index in [-0.39, 0.29) is 36.0 Å². The summed E-state index contributed by atoms with van der Waals surface area (Å²) in [5, 5.41) is 0. The highest BCUT2D eigenvalue weighted by Gasteiger charge is 2.42. The third-order valence-corrected chi connectivity index (χ3v) is 9.09. The molecule has 0 saturated carbocycles. The summed E-state index contributed by atoms with van der Waals surface area (Å²) in [5.41, 5.74) is -2.43. The number of halogens is 7. The number of sulfonamides is 1. The maximum Gasteiger partial charge on any atom is 0.416 e. The smallest absolute Gasteiger partial charge is 0.341 e. The molecule has 1 aromatic heterocycles. The van der Waals surface area contributed by atoms with Gasteiger partial charge in [0.2, 0.25) is 15.9 Å². The van der Waals surface area contributed by atoms with Gasteiger partial charge in [-0.3, -0.25) is 9.78 Å². The molecule has 4 rings (SSSR count). The molecule has 0 N–H and O–H groups in total. The van der Waals surface area contributed by atoms with Crippen molar-refractivity contribution in [1.29, 1.82) is 0 Å². The van der Waals surface area contributed by atoms with Gasteiger partial charge in [-0.05, 0) is 72.5 Å². The van der Waals surface area contributed by atoms with Crippen LogP contribution in [-0.2, 0) is 33.7 Å². The molecule has 1 aliphatic rings. The number of pyridine rings is 1. The first kappa shape index (κ1) is 31.4. The summed E-state index contributed by atoms with van der Waals surface area (Å²) >= 11 is 0. The maximum absolute atomic E-state index is 13.9. The molecule has 1 aliphatic heterocycles. The average molecular weight is 618 g/mol. The van der Waals surface area contributed by atoms with Crippen LogP contribution in [0, 0.1) is 18.7 Å². The van der Waals surface area contributed by atoms with Gasteiger partial charge in [-0.1, -0.05) is 6.07 Å². The molecule has 0 aliphatic carbocycles. The number of nitrogens with zero attached hydrogens (tertiary/aromatic N) is 3. The van der Waals surface area contributed by atoms with E-state index in [4.69, 9.17) is 0 Å². The zero-order chi connectivity index (χ0) is 31.0. The van der Waals surface area contributed by atoms with Gasteiger partial charge in [0, 0.05) is 50.9 Å². The lowest BCUT2D eigenvalue weighted by molar-refractivity contribution is -0.143. The van der Waals surface area contributed by atoms with E-state index in [1.165, 1.54) is 54.1 Å². The molecule has 0 radical (unpaired) electrons. The molecule has 226 valence electrons. The Hall–Kier alpha value is -3.52. The van der Waals surface area contributed by atoms with Crippen LogP contribution in [0.15, 0.2) is 65.8 Å². The Morgan fingerprint density at radius 2 is 1.67 bits per heavy atom. The predicted molar refractivity (Wildman–Crippen MR) is 138 cm³/mol. The molecule has 2 heterocycles. The van der Waals surface area contributed by atoms with Crippen molar-refractivity contribution in [2.75, 3.05) is 20.1 Å². The Bertz CT molecular complexity index is 1530. The highest BCUT2D eigenvalue weighted by molar-refractivity contribution is 7.89. The topological polar surface area (TPSA) is 70.6 Å². The molecule has 6 nitrogen and oxygen atoms in total. The van der Waals surface area contributed by atoms with E-state index in [9.17, 15) is 43.9 Å². The molecule has 0 spiro atoms. The fraction of sp³-hybridized carbons (Fsp3) is 0.357. The van der Waals surface area contributed by atoms with Crippen molar-refractivity contribution in [2.24, 2.45) is 5.92 Å². The summed E-state index contributed by atoms with van der Waals surface area (Å²) in [7, 11) is -2.77. The van der Waals surface area contributed by atoms with Crippen LogP contribution < -0.4 is 0 Å². The normalized spacial score (nSPS) is 18.6. The molecule has 2 unspecified atom stereocenters. The molecule has 3 aromatic rings. The molecule has 1 amide bonds. The number of aromatic nitrogens is 1. The lowest BCUT2D eigenvalue weighted by Gasteiger charge is -2.39. The van der Waals surface area contributed by atoms with Crippen LogP contribution in [0.25, 0.3) is 0 Å². The Morgan fingerprint density at radius 1 is 1.02 bits per heavy atom. The SMILES string of the molecule is Cc1cc(F)ccc1C1CN(S(=O)(=O)c2cccnc2)CCC1C(=O)N(C)Cc1cc(C(F)(F)F)cc(C(F)(F)F)c1. The summed E-state index contributed by atoms with van der Waals surface area (Å²) < 4.78 is 122. The first-order valence-electron chi connectivity index (χ1n) is 12.7. The highest BCUT2D eigenvalue weighted by Crippen LogP contribution is 2.39. The number of alkyl halides is 6. The molecular formula is C28H26F7N3O3S. The Balaban J connectivity index is 1.66. The number of carbonyl (C=O) groups excluding carboxylic acids is 1. The largest absolute Gasteiger partial charge is 0.416 e. The number of piperidine rings is 1. The van der Waals surface area contributed by atoms with E-state index in [0.717, 1.165) is 4.90 Å². The van der Waals surface area contributed by atoms with Crippen LogP contribution in [0.2, 0.25) is 0 Å². The summed E-state index contributed by atoms with van der Waals surface area (Å²) in [6.45, 7) is 0.782. The Kier molecular flexibility index (Phi) is 8.70. The van der Waals surface area contributed by atoms with Crippen LogP contribution >= 0.6 is 0 Å². The van der Waals surface area contributed by atoms with E-state index in [2.05, 4.69) is 4.98 Å². The van der Waals surface area contributed by atoms with Gasteiger partial charge in [0.15, 0.2) is 0 Å². The van der Waals surface area contributed by atoms with Crippen LogP contribution in [0.1, 0.15) is 40.2 Å². The second-order valence-electron chi connectivity index (χ2n) is 10.2. The van der Waals surface area contributed by atoms with Gasteiger partial charge in [0.1, 0.15) is 10.7 Å². The van der Waals surface area contributed by atoms with Gasteiger partial charge in [-0.15, -0.1) is 0 Å². The standard InChI is InChI=1S/C28H26F7N3O3S/c1-17-10-21(29)5-6-23(17)25-16-38(42(40,41)22-4-3-8-36-14-22)9-7-24(25)26(39)37(2)15-18-11-19(27(30,31)32)13-20(12-18)28(33,34)35/h3-6,8,10-14,24-25H,7,9,15-16H2,1-2H3. The zero-order valence-corrected chi connectivity index (χ0v) is 23.2. The molecule has 2 aromatic carbocycles. The Labute approximate surface area is 237 Å². The molecule has 14 heteroatoms. The van der Waals surface area contributed by atoms with Gasteiger partial charge in [-0.2, -0.15) is 30.6 Å². The molecule has 0 bridgehead atoms. The predicted octanol–water partition coefficient (Wildman–Crippen LogP) is 6.02. The lowest BCUT2D eigenvalue weighted by Crippen LogP contribution is -2.47. The molecule has 1 saturated heterocycles. The second-order valence-corrected chi connectivity index (χ2v) is 12.1. The minimum absolute atomic E-state index is 0.000536. The third-order valence-electron chi connectivity index (χ3n) is 7.24. The van der Waals surface area contributed by atoms with Gasteiger partial charge < -0.3 is 4.90 Å². The Morgan fingerprint density at radius 3 is 2.21 bits per heavy atom. The van der Waals surface area contributed by atoms with Crippen molar-refractivity contribution in [3.63, 3.8) is 0 Å². The van der Waals surface area contributed by atoms with Crippen molar-refractivity contribution >= 4 is 15.9 Å². The molecule has 42 heavy (non-hydrogen) atoms. The first-order valence-corrected chi connectivity index (χ1v) is 14.1. The first-order chi connectivity index (χ1) is 19.5. The van der Waals surface area contributed by atoms with Gasteiger partial charge in [0.25, 0.3) is 0 Å². The van der Waals surface area contributed by atoms with Crippen molar-refractivity contribution in [3.05, 3.63) is 94.6 Å². The molecular weight excluding hydrogens is 591 g/mol. The zero-order valence-electron chi connectivity index (χ0n) is 22.4. The third kappa shape index (κ3) is 6.75. The number of hydrogen-bond acceptors (Lipinski definition) is 4. The summed E-state index contributed by atoms with van der Waals surface area (Å²) in [4.78, 5) is 18.5. The number of aryl methyl sites for hydroxylation is 1. The van der Waals surface area contributed by atoms with Gasteiger partial charge in [0.05, 0.1) is 11.1 Å². The van der Waals surface area contributed by atoms with Crippen LogP contribution in [0.5, 0.6) is 0 Å². The highest BCUT2D eigenvalue weighted by atomic mass is 32.2. The van der Waals surface area contributed by atoms with Crippen LogP contribution in [0.4, 0.5) is 30.7 Å². The molecule has 2 atom stereocenters. The fourth-order valence-corrected chi connectivity index (χ4v) is 6.65. The molecule has 1 fully saturated rings. The van der Waals surface area contributed by atoms with Gasteiger partial charge >= 0.3 is 12.4 Å². The fourth-order valence-electron chi connectivity index (χ4n) is 5.20. The lowest BCUT2D eigenvalue weighted by atomic mass is 9.79. The van der Waals surface area contributed by atoms with Crippen molar-refractivity contribution < 1.29 is 43.9 Å². The summed E-state index contributed by atoms with van der Waals surface area (Å²) in [5.74, 6) is -2.83. The van der Waals surface area contributed by atoms with E-state index in [1.807, 2.05) is 0 Å². The van der Waals surface area contributed by atoms with E-state index >= 15 is 0 Å². The average Bonchev–Trinajstić information content (AvgIpc) is 2.91. The minimum Gasteiger partial charge on any atom is -0.341 e. The van der Waals surface area contributed by atoms with E-state index in [0.29, 0.717) is 23.3 Å². The number of hydrogen-bond donors (Lipinski definition) is 0. The summed E-state index contributed by atoms with van der Waals surface area (Å²) in [6.07, 6.45) is -7.50. The monoisotopic (exact) mass is 617 g/mol. The van der Waals surface area contributed by atoms with Crippen LogP contribution in [0.3, 0.4) is 0 Å². The quantitative estimate of drug-likeness (QED) is 0.318. The van der Waals surface area contributed by atoms with Gasteiger partial charge in [-0.25, -0.2) is 12.8 Å². The van der Waals surface area contributed by atoms with Crippen molar-refractivity contribution in [2.45, 2.75) is 43.1 Å². The number of carbonyl (C=O) groups is 1. The van der Waals surface area contributed by atoms with Crippen molar-refractivity contribution in [1.82, 2.24) is 14.2 Å².